The summed E-state index contributed by atoms with van der Waals surface area (Å²) >= 11 is 0. The number of carbonyl (C=O) groups excluding carboxylic acids is 1. The van der Waals surface area contributed by atoms with E-state index in [1.807, 2.05) is 30.3 Å². The fraction of sp³-hybridized carbons (Fsp3) is 0.118. The number of ether oxygens (including phenoxy) is 1. The number of hydrogen-bond acceptors (Lipinski definition) is 4. The molecule has 0 fully saturated rings. The van der Waals surface area contributed by atoms with E-state index in [4.69, 9.17) is 4.74 Å². The zero-order valence-corrected chi connectivity index (χ0v) is 12.8. The van der Waals surface area contributed by atoms with Crippen LogP contribution in [0.4, 0.5) is 0 Å². The Morgan fingerprint density at radius 2 is 1.55 bits per heavy atom. The Balaban J connectivity index is 2.10. The van der Waals surface area contributed by atoms with Gasteiger partial charge in [-0.3, -0.25) is 0 Å². The first-order valence-corrected chi connectivity index (χ1v) is 8.62. The van der Waals surface area contributed by atoms with Gasteiger partial charge in [-0.15, -0.1) is 0 Å². The summed E-state index contributed by atoms with van der Waals surface area (Å²) in [5.74, 6) is -0.383. The summed E-state index contributed by atoms with van der Waals surface area (Å²) in [5.41, 5.74) is 2.90. The molecule has 0 bridgehead atoms. The minimum absolute atomic E-state index is 0.226. The Bertz CT molecular complexity index is 847. The largest absolute Gasteiger partial charge is 0.457 e. The summed E-state index contributed by atoms with van der Waals surface area (Å²) in [6, 6.07) is 15.8. The lowest BCUT2D eigenvalue weighted by molar-refractivity contribution is -0.133. The molecule has 0 aromatic heterocycles. The third kappa shape index (κ3) is 2.67. The van der Waals surface area contributed by atoms with Crippen LogP contribution in [0.25, 0.3) is 11.1 Å². The molecule has 0 amide bonds. The van der Waals surface area contributed by atoms with Crippen molar-refractivity contribution in [3.63, 3.8) is 0 Å². The Labute approximate surface area is 129 Å². The topological polar surface area (TPSA) is 60.4 Å². The summed E-state index contributed by atoms with van der Waals surface area (Å²) < 4.78 is 28.2. The molecule has 2 aromatic carbocycles. The molecule has 112 valence electrons. The van der Waals surface area contributed by atoms with Gasteiger partial charge in [-0.25, -0.2) is 13.2 Å². The van der Waals surface area contributed by atoms with Crippen LogP contribution in [0.3, 0.4) is 0 Å². The molecular weight excluding hydrogens is 300 g/mol. The third-order valence-electron chi connectivity index (χ3n) is 3.55. The minimum atomic E-state index is -3.25. The second kappa shape index (κ2) is 5.42. The second-order valence-corrected chi connectivity index (χ2v) is 7.11. The highest BCUT2D eigenvalue weighted by Gasteiger charge is 2.27. The zero-order chi connectivity index (χ0) is 15.7. The van der Waals surface area contributed by atoms with Crippen molar-refractivity contribution in [3.8, 4) is 0 Å². The molecule has 0 spiro atoms. The quantitative estimate of drug-likeness (QED) is 0.817. The number of rotatable bonds is 3. The fourth-order valence-electron chi connectivity index (χ4n) is 2.43. The average molecular weight is 314 g/mol. The molecule has 0 aliphatic carbocycles. The van der Waals surface area contributed by atoms with Crippen molar-refractivity contribution in [2.75, 3.05) is 12.9 Å². The van der Waals surface area contributed by atoms with Crippen molar-refractivity contribution >= 4 is 27.0 Å². The van der Waals surface area contributed by atoms with Crippen LogP contribution in [-0.2, 0) is 19.4 Å². The molecule has 5 heteroatoms. The van der Waals surface area contributed by atoms with E-state index in [1.165, 1.54) is 12.1 Å². The van der Waals surface area contributed by atoms with Gasteiger partial charge in [0.05, 0.1) is 10.5 Å². The summed E-state index contributed by atoms with van der Waals surface area (Å²) in [7, 11) is -3.25. The predicted octanol–water partition coefficient (Wildman–Crippen LogP) is 2.56. The number of cyclic esters (lactones) is 1. The first kappa shape index (κ1) is 14.5. The van der Waals surface area contributed by atoms with Crippen molar-refractivity contribution in [3.05, 3.63) is 65.7 Å². The summed E-state index contributed by atoms with van der Waals surface area (Å²) in [4.78, 5) is 12.3. The van der Waals surface area contributed by atoms with E-state index >= 15 is 0 Å². The normalized spacial score (nSPS) is 15.0. The SMILES string of the molecule is CS(=O)(=O)c1ccc(C2=C(c3ccccc3)COC2=O)cc1. The van der Waals surface area contributed by atoms with Crippen LogP contribution in [0, 0.1) is 0 Å². The van der Waals surface area contributed by atoms with Gasteiger partial charge in [0.15, 0.2) is 9.84 Å². The highest BCUT2D eigenvalue weighted by Crippen LogP contribution is 2.33. The lowest BCUT2D eigenvalue weighted by Crippen LogP contribution is -2.00. The maximum Gasteiger partial charge on any atom is 0.339 e. The van der Waals surface area contributed by atoms with Crippen molar-refractivity contribution in [2.24, 2.45) is 0 Å². The van der Waals surface area contributed by atoms with Crippen LogP contribution >= 0.6 is 0 Å². The van der Waals surface area contributed by atoms with Crippen LogP contribution in [0.2, 0.25) is 0 Å². The minimum Gasteiger partial charge on any atom is -0.457 e. The van der Waals surface area contributed by atoms with E-state index in [9.17, 15) is 13.2 Å². The molecule has 0 unspecified atom stereocenters. The van der Waals surface area contributed by atoms with Gasteiger partial charge in [0.25, 0.3) is 0 Å². The number of sulfone groups is 1. The first-order chi connectivity index (χ1) is 10.5. The van der Waals surface area contributed by atoms with E-state index in [1.54, 1.807) is 12.1 Å². The molecule has 0 saturated carbocycles. The van der Waals surface area contributed by atoms with E-state index in [0.717, 1.165) is 17.4 Å². The third-order valence-corrected chi connectivity index (χ3v) is 4.68. The van der Waals surface area contributed by atoms with Crippen molar-refractivity contribution in [2.45, 2.75) is 4.90 Å². The Morgan fingerprint density at radius 1 is 0.909 bits per heavy atom. The first-order valence-electron chi connectivity index (χ1n) is 6.73. The predicted molar refractivity (Wildman–Crippen MR) is 83.8 cm³/mol. The number of esters is 1. The molecule has 22 heavy (non-hydrogen) atoms. The van der Waals surface area contributed by atoms with Crippen molar-refractivity contribution in [1.29, 1.82) is 0 Å². The van der Waals surface area contributed by atoms with E-state index < -0.39 is 9.84 Å². The van der Waals surface area contributed by atoms with E-state index in [2.05, 4.69) is 0 Å². The van der Waals surface area contributed by atoms with Gasteiger partial charge in [-0.2, -0.15) is 0 Å². The number of carbonyl (C=O) groups is 1. The molecule has 0 N–H and O–H groups in total. The Morgan fingerprint density at radius 3 is 2.14 bits per heavy atom. The number of benzene rings is 2. The summed E-state index contributed by atoms with van der Waals surface area (Å²) in [6.07, 6.45) is 1.15. The lowest BCUT2D eigenvalue weighted by Gasteiger charge is -2.05. The van der Waals surface area contributed by atoms with Gasteiger partial charge in [-0.05, 0) is 23.3 Å². The molecule has 4 nitrogen and oxygen atoms in total. The maximum absolute atomic E-state index is 12.0. The second-order valence-electron chi connectivity index (χ2n) is 5.09. The van der Waals surface area contributed by atoms with Crippen LogP contribution in [0.5, 0.6) is 0 Å². The number of hydrogen-bond donors (Lipinski definition) is 0. The summed E-state index contributed by atoms with van der Waals surface area (Å²) in [6.45, 7) is 0.228. The fourth-order valence-corrected chi connectivity index (χ4v) is 3.06. The van der Waals surface area contributed by atoms with Gasteiger partial charge in [0, 0.05) is 11.8 Å². The molecule has 2 aromatic rings. The molecule has 3 rings (SSSR count). The van der Waals surface area contributed by atoms with Gasteiger partial charge < -0.3 is 4.74 Å². The standard InChI is InChI=1S/C17H14O4S/c1-22(19,20)14-9-7-13(8-10-14)16-15(11-21-17(16)18)12-5-3-2-4-6-12/h2-10H,11H2,1H3. The Hall–Kier alpha value is -2.40. The molecular formula is C17H14O4S. The lowest BCUT2D eigenvalue weighted by atomic mass is 9.97. The van der Waals surface area contributed by atoms with Crippen LogP contribution < -0.4 is 0 Å². The van der Waals surface area contributed by atoms with Crippen LogP contribution in [0.15, 0.2) is 59.5 Å². The van der Waals surface area contributed by atoms with Crippen molar-refractivity contribution in [1.82, 2.24) is 0 Å². The molecule has 0 saturated heterocycles. The van der Waals surface area contributed by atoms with E-state index in [0.29, 0.717) is 11.1 Å². The van der Waals surface area contributed by atoms with Gasteiger partial charge >= 0.3 is 5.97 Å². The highest BCUT2D eigenvalue weighted by molar-refractivity contribution is 7.90. The molecule has 0 atom stereocenters. The monoisotopic (exact) mass is 314 g/mol. The molecule has 1 heterocycles. The molecule has 0 radical (unpaired) electrons. The van der Waals surface area contributed by atoms with E-state index in [-0.39, 0.29) is 17.5 Å². The molecule has 1 aliphatic heterocycles. The molecule has 1 aliphatic rings. The zero-order valence-electron chi connectivity index (χ0n) is 11.9. The Kier molecular flexibility index (Phi) is 3.58. The maximum atomic E-state index is 12.0. The van der Waals surface area contributed by atoms with Gasteiger partial charge in [0.1, 0.15) is 6.61 Å². The van der Waals surface area contributed by atoms with Crippen molar-refractivity contribution < 1.29 is 17.9 Å². The van der Waals surface area contributed by atoms with Crippen LogP contribution in [-0.4, -0.2) is 27.2 Å². The average Bonchev–Trinajstić information content (AvgIpc) is 2.89. The van der Waals surface area contributed by atoms with Gasteiger partial charge in [-0.1, -0.05) is 42.5 Å². The van der Waals surface area contributed by atoms with Gasteiger partial charge in [0.2, 0.25) is 0 Å². The smallest absolute Gasteiger partial charge is 0.339 e. The van der Waals surface area contributed by atoms with Crippen LogP contribution in [0.1, 0.15) is 11.1 Å². The summed E-state index contributed by atoms with van der Waals surface area (Å²) in [5, 5.41) is 0. The highest BCUT2D eigenvalue weighted by atomic mass is 32.2.